The summed E-state index contributed by atoms with van der Waals surface area (Å²) in [5, 5.41) is 8.07. The van der Waals surface area contributed by atoms with Crippen LogP contribution in [0.2, 0.25) is 0 Å². The quantitative estimate of drug-likeness (QED) is 0.710. The minimum Gasteiger partial charge on any atom is -0.353 e. The largest absolute Gasteiger partial charge is 0.353 e. The van der Waals surface area contributed by atoms with Gasteiger partial charge < -0.3 is 16.0 Å². The number of likely N-dealkylation sites (N-methyl/N-ethyl adjacent to an activating group) is 1. The van der Waals surface area contributed by atoms with E-state index >= 15 is 0 Å². The van der Waals surface area contributed by atoms with Gasteiger partial charge in [0.2, 0.25) is 5.91 Å². The zero-order valence-corrected chi connectivity index (χ0v) is 13.7. The van der Waals surface area contributed by atoms with Crippen LogP contribution in [0.3, 0.4) is 0 Å². The fourth-order valence-corrected chi connectivity index (χ4v) is 1.93. The van der Waals surface area contributed by atoms with Crippen molar-refractivity contribution in [2.75, 3.05) is 13.6 Å². The molecule has 0 aliphatic rings. The fourth-order valence-electron chi connectivity index (χ4n) is 1.93. The van der Waals surface area contributed by atoms with Crippen LogP contribution in [0.4, 0.5) is 8.78 Å². The predicted molar refractivity (Wildman–Crippen MR) is 84.0 cm³/mol. The van der Waals surface area contributed by atoms with Crippen molar-refractivity contribution in [3.8, 4) is 0 Å². The lowest BCUT2D eigenvalue weighted by molar-refractivity contribution is -0.124. The Labute approximate surface area is 134 Å². The van der Waals surface area contributed by atoms with Gasteiger partial charge in [0.1, 0.15) is 23.2 Å². The third-order valence-corrected chi connectivity index (χ3v) is 3.50. The Morgan fingerprint density at radius 1 is 1.13 bits per heavy atom. The minimum atomic E-state index is -0.964. The summed E-state index contributed by atoms with van der Waals surface area (Å²) in [6.07, 6.45) is 0. The zero-order chi connectivity index (χ0) is 17.6. The molecule has 23 heavy (non-hydrogen) atoms. The van der Waals surface area contributed by atoms with Gasteiger partial charge in [-0.3, -0.25) is 9.59 Å². The standard InChI is InChI=1S/C16H23F2N3O2/c1-9(2)14(16(23)20-8-10(3)19-4)21-15(22)13-11(17)6-5-7-12(13)18/h5-7,9-10,14,19H,8H2,1-4H3,(H,20,23)(H,21,22)/t10?,14-/m0/s1. The summed E-state index contributed by atoms with van der Waals surface area (Å²) < 4.78 is 27.3. The molecule has 0 fully saturated rings. The van der Waals surface area contributed by atoms with Crippen LogP contribution in [-0.4, -0.2) is 37.5 Å². The first-order chi connectivity index (χ1) is 10.8. The summed E-state index contributed by atoms with van der Waals surface area (Å²) in [5.41, 5.74) is -0.686. The van der Waals surface area contributed by atoms with Gasteiger partial charge in [0, 0.05) is 12.6 Å². The average molecular weight is 327 g/mol. The molecule has 0 aliphatic heterocycles. The molecular formula is C16H23F2N3O2. The number of hydrogen-bond acceptors (Lipinski definition) is 3. The van der Waals surface area contributed by atoms with E-state index in [1.807, 2.05) is 6.92 Å². The molecule has 2 amide bonds. The van der Waals surface area contributed by atoms with Crippen molar-refractivity contribution < 1.29 is 18.4 Å². The van der Waals surface area contributed by atoms with E-state index in [-0.39, 0.29) is 12.0 Å². The molecule has 0 saturated carbocycles. The van der Waals surface area contributed by atoms with Crippen molar-refractivity contribution in [2.24, 2.45) is 5.92 Å². The first-order valence-electron chi connectivity index (χ1n) is 7.47. The molecule has 1 unspecified atom stereocenters. The number of benzene rings is 1. The van der Waals surface area contributed by atoms with Gasteiger partial charge in [-0.25, -0.2) is 8.78 Å². The molecule has 0 saturated heterocycles. The lowest BCUT2D eigenvalue weighted by Gasteiger charge is -2.23. The van der Waals surface area contributed by atoms with Crippen molar-refractivity contribution in [1.29, 1.82) is 0 Å². The van der Waals surface area contributed by atoms with Crippen molar-refractivity contribution in [3.05, 3.63) is 35.4 Å². The Morgan fingerprint density at radius 2 is 1.70 bits per heavy atom. The second-order valence-corrected chi connectivity index (χ2v) is 5.73. The number of amides is 2. The molecular weight excluding hydrogens is 304 g/mol. The van der Waals surface area contributed by atoms with E-state index in [0.29, 0.717) is 6.54 Å². The molecule has 0 aliphatic carbocycles. The molecule has 2 atom stereocenters. The second kappa shape index (κ2) is 8.57. The maximum atomic E-state index is 13.6. The summed E-state index contributed by atoms with van der Waals surface area (Å²) in [5.74, 6) is -3.51. The smallest absolute Gasteiger partial charge is 0.257 e. The lowest BCUT2D eigenvalue weighted by atomic mass is 10.0. The molecule has 0 spiro atoms. The van der Waals surface area contributed by atoms with Gasteiger partial charge in [-0.1, -0.05) is 19.9 Å². The zero-order valence-electron chi connectivity index (χ0n) is 13.7. The molecule has 7 heteroatoms. The van der Waals surface area contributed by atoms with Gasteiger partial charge in [-0.2, -0.15) is 0 Å². The molecule has 3 N–H and O–H groups in total. The van der Waals surface area contributed by atoms with E-state index in [4.69, 9.17) is 0 Å². The Kier molecular flexibility index (Phi) is 7.09. The third kappa shape index (κ3) is 5.28. The summed E-state index contributed by atoms with van der Waals surface area (Å²) >= 11 is 0. The molecule has 1 aromatic rings. The molecule has 0 aromatic heterocycles. The van der Waals surface area contributed by atoms with E-state index in [0.717, 1.165) is 12.1 Å². The van der Waals surface area contributed by atoms with Crippen LogP contribution in [0, 0.1) is 17.6 Å². The van der Waals surface area contributed by atoms with Crippen molar-refractivity contribution in [3.63, 3.8) is 0 Å². The Bertz CT molecular complexity index is 544. The first kappa shape index (κ1) is 19.0. The summed E-state index contributed by atoms with van der Waals surface area (Å²) in [4.78, 5) is 24.3. The minimum absolute atomic E-state index is 0.0616. The SMILES string of the molecule is CNC(C)CNC(=O)[C@@H](NC(=O)c1c(F)cccc1F)C(C)C. The van der Waals surface area contributed by atoms with E-state index in [9.17, 15) is 18.4 Å². The number of carbonyl (C=O) groups excluding carboxylic acids is 2. The number of nitrogens with one attached hydrogen (secondary N) is 3. The van der Waals surface area contributed by atoms with Crippen LogP contribution in [0.25, 0.3) is 0 Å². The monoisotopic (exact) mass is 327 g/mol. The Balaban J connectivity index is 2.83. The van der Waals surface area contributed by atoms with Gasteiger partial charge in [-0.15, -0.1) is 0 Å². The van der Waals surface area contributed by atoms with Gasteiger partial charge in [0.15, 0.2) is 0 Å². The predicted octanol–water partition coefficient (Wildman–Crippen LogP) is 1.44. The van der Waals surface area contributed by atoms with Crippen LogP contribution >= 0.6 is 0 Å². The highest BCUT2D eigenvalue weighted by molar-refractivity contribution is 5.98. The molecule has 128 valence electrons. The van der Waals surface area contributed by atoms with Gasteiger partial charge >= 0.3 is 0 Å². The Morgan fingerprint density at radius 3 is 2.17 bits per heavy atom. The van der Waals surface area contributed by atoms with Crippen LogP contribution in [0.1, 0.15) is 31.1 Å². The third-order valence-electron chi connectivity index (χ3n) is 3.50. The van der Waals surface area contributed by atoms with Crippen LogP contribution in [0.5, 0.6) is 0 Å². The molecule has 1 aromatic carbocycles. The maximum absolute atomic E-state index is 13.6. The number of halogens is 2. The van der Waals surface area contributed by atoms with Crippen LogP contribution in [0.15, 0.2) is 18.2 Å². The van der Waals surface area contributed by atoms with Crippen LogP contribution < -0.4 is 16.0 Å². The van der Waals surface area contributed by atoms with Crippen molar-refractivity contribution in [1.82, 2.24) is 16.0 Å². The highest BCUT2D eigenvalue weighted by Crippen LogP contribution is 2.13. The van der Waals surface area contributed by atoms with Gasteiger partial charge in [-0.05, 0) is 32.0 Å². The number of rotatable bonds is 7. The highest BCUT2D eigenvalue weighted by Gasteiger charge is 2.27. The van der Waals surface area contributed by atoms with Crippen LogP contribution in [-0.2, 0) is 4.79 Å². The molecule has 0 bridgehead atoms. The molecule has 5 nitrogen and oxygen atoms in total. The van der Waals surface area contributed by atoms with E-state index in [1.54, 1.807) is 20.9 Å². The molecule has 0 radical (unpaired) electrons. The first-order valence-corrected chi connectivity index (χ1v) is 7.47. The van der Waals surface area contributed by atoms with Crippen molar-refractivity contribution >= 4 is 11.8 Å². The lowest BCUT2D eigenvalue weighted by Crippen LogP contribution is -2.51. The number of hydrogen-bond donors (Lipinski definition) is 3. The number of carbonyl (C=O) groups is 2. The van der Waals surface area contributed by atoms with Crippen molar-refractivity contribution in [2.45, 2.75) is 32.9 Å². The average Bonchev–Trinajstić information content (AvgIpc) is 2.49. The van der Waals surface area contributed by atoms with E-state index in [2.05, 4.69) is 16.0 Å². The summed E-state index contributed by atoms with van der Waals surface area (Å²) in [6.45, 7) is 5.74. The van der Waals surface area contributed by atoms with Gasteiger partial charge in [0.25, 0.3) is 5.91 Å². The van der Waals surface area contributed by atoms with E-state index in [1.165, 1.54) is 6.07 Å². The van der Waals surface area contributed by atoms with E-state index < -0.39 is 35.1 Å². The van der Waals surface area contributed by atoms with Gasteiger partial charge in [0.05, 0.1) is 0 Å². The topological polar surface area (TPSA) is 70.2 Å². The normalized spacial score (nSPS) is 13.5. The Hall–Kier alpha value is -2.02. The highest BCUT2D eigenvalue weighted by atomic mass is 19.1. The maximum Gasteiger partial charge on any atom is 0.257 e. The summed E-state index contributed by atoms with van der Waals surface area (Å²) in [6, 6.07) is 2.35. The fraction of sp³-hybridized carbons (Fsp3) is 0.500. The molecule has 0 heterocycles. The summed E-state index contributed by atoms with van der Waals surface area (Å²) in [7, 11) is 1.76. The molecule has 1 rings (SSSR count). The second-order valence-electron chi connectivity index (χ2n) is 5.73.